The molecule has 0 fully saturated rings. The van der Waals surface area contributed by atoms with Gasteiger partial charge in [-0.15, -0.1) is 5.10 Å². The first-order chi connectivity index (χ1) is 14.0. The van der Waals surface area contributed by atoms with Gasteiger partial charge in [0.1, 0.15) is 11.3 Å². The molecule has 0 atom stereocenters. The third-order valence-corrected chi connectivity index (χ3v) is 5.89. The van der Waals surface area contributed by atoms with Gasteiger partial charge >= 0.3 is 5.63 Å². The molecule has 0 aliphatic heterocycles. The van der Waals surface area contributed by atoms with E-state index >= 15 is 0 Å². The minimum absolute atomic E-state index is 0.360. The fraction of sp³-hybridized carbons (Fsp3) is 0.190. The maximum Gasteiger partial charge on any atom is 0.336 e. The Bertz CT molecular complexity index is 1270. The van der Waals surface area contributed by atoms with Crippen LogP contribution in [-0.2, 0) is 5.75 Å². The second-order valence-electron chi connectivity index (χ2n) is 6.57. The molecule has 4 rings (SSSR count). The summed E-state index contributed by atoms with van der Waals surface area (Å²) in [6, 6.07) is 10.9. The Morgan fingerprint density at radius 3 is 2.83 bits per heavy atom. The maximum atomic E-state index is 12.0. The van der Waals surface area contributed by atoms with Gasteiger partial charge in [0.25, 0.3) is 0 Å². The van der Waals surface area contributed by atoms with E-state index in [1.54, 1.807) is 25.3 Å². The molecule has 0 unspecified atom stereocenters. The van der Waals surface area contributed by atoms with Gasteiger partial charge in [-0.1, -0.05) is 35.5 Å². The van der Waals surface area contributed by atoms with Crippen LogP contribution in [0.2, 0.25) is 5.02 Å². The van der Waals surface area contributed by atoms with Crippen LogP contribution in [0.1, 0.15) is 16.7 Å². The molecule has 0 aliphatic carbocycles. The zero-order valence-corrected chi connectivity index (χ0v) is 17.6. The summed E-state index contributed by atoms with van der Waals surface area (Å²) >= 11 is 7.54. The first-order valence-corrected chi connectivity index (χ1v) is 10.2. The lowest BCUT2D eigenvalue weighted by Crippen LogP contribution is -2.01. The number of halogens is 1. The number of aromatic amines is 1. The van der Waals surface area contributed by atoms with Crippen LogP contribution in [0.25, 0.3) is 22.4 Å². The summed E-state index contributed by atoms with van der Waals surface area (Å²) in [5.74, 6) is 1.75. The third kappa shape index (κ3) is 3.88. The molecule has 29 heavy (non-hydrogen) atoms. The van der Waals surface area contributed by atoms with E-state index in [1.165, 1.54) is 17.8 Å². The number of ether oxygens (including phenoxy) is 1. The Morgan fingerprint density at radius 2 is 2.03 bits per heavy atom. The lowest BCUT2D eigenvalue weighted by molar-refractivity contribution is 0.416. The van der Waals surface area contributed by atoms with Crippen molar-refractivity contribution < 1.29 is 9.15 Å². The topological polar surface area (TPSA) is 81.0 Å². The fourth-order valence-electron chi connectivity index (χ4n) is 3.08. The van der Waals surface area contributed by atoms with E-state index in [0.717, 1.165) is 27.6 Å². The molecule has 0 spiro atoms. The number of aromatic nitrogens is 3. The minimum atomic E-state index is -0.360. The van der Waals surface area contributed by atoms with Gasteiger partial charge in [-0.25, -0.2) is 9.78 Å². The smallest absolute Gasteiger partial charge is 0.336 e. The van der Waals surface area contributed by atoms with Crippen molar-refractivity contribution in [1.82, 2.24) is 15.2 Å². The molecule has 2 aromatic carbocycles. The number of thioether (sulfide) groups is 1. The van der Waals surface area contributed by atoms with Crippen molar-refractivity contribution >= 4 is 34.3 Å². The number of aryl methyl sites for hydroxylation is 2. The molecule has 4 aromatic rings. The molecular weight excluding hydrogens is 410 g/mol. The number of hydrogen-bond donors (Lipinski definition) is 1. The van der Waals surface area contributed by atoms with E-state index in [2.05, 4.69) is 15.2 Å². The third-order valence-electron chi connectivity index (χ3n) is 4.76. The van der Waals surface area contributed by atoms with Gasteiger partial charge in [0.05, 0.1) is 12.7 Å². The molecule has 1 N–H and O–H groups in total. The van der Waals surface area contributed by atoms with Crippen molar-refractivity contribution in [2.45, 2.75) is 24.8 Å². The van der Waals surface area contributed by atoms with Gasteiger partial charge in [0.15, 0.2) is 5.82 Å². The van der Waals surface area contributed by atoms with Crippen molar-refractivity contribution in [2.24, 2.45) is 0 Å². The van der Waals surface area contributed by atoms with Gasteiger partial charge in [-0.3, -0.25) is 5.10 Å². The van der Waals surface area contributed by atoms with E-state index in [1.807, 2.05) is 26.0 Å². The number of nitrogens with one attached hydrogen (secondary N) is 1. The van der Waals surface area contributed by atoms with Crippen LogP contribution in [0, 0.1) is 13.8 Å². The van der Waals surface area contributed by atoms with Crippen LogP contribution in [-0.4, -0.2) is 22.3 Å². The Hall–Kier alpha value is -2.77. The second-order valence-corrected chi connectivity index (χ2v) is 7.95. The molecule has 148 valence electrons. The van der Waals surface area contributed by atoms with Gasteiger partial charge in [-0.05, 0) is 48.7 Å². The van der Waals surface area contributed by atoms with Gasteiger partial charge < -0.3 is 9.15 Å². The predicted molar refractivity (Wildman–Crippen MR) is 115 cm³/mol. The quantitative estimate of drug-likeness (QED) is 0.350. The summed E-state index contributed by atoms with van der Waals surface area (Å²) in [5.41, 5.74) is 3.94. The summed E-state index contributed by atoms with van der Waals surface area (Å²) in [6.07, 6.45) is 0. The number of hydrogen-bond acceptors (Lipinski definition) is 6. The SMILES string of the molecule is COc1ccc(Cl)cc1-c1nc(SCc2cc(=O)oc3c(C)c(C)ccc23)n[nH]1. The van der Waals surface area contributed by atoms with E-state index < -0.39 is 0 Å². The summed E-state index contributed by atoms with van der Waals surface area (Å²) in [6.45, 7) is 3.95. The van der Waals surface area contributed by atoms with E-state index in [0.29, 0.717) is 33.1 Å². The molecule has 0 amide bonds. The van der Waals surface area contributed by atoms with Gasteiger partial charge in [-0.2, -0.15) is 0 Å². The largest absolute Gasteiger partial charge is 0.496 e. The van der Waals surface area contributed by atoms with Crippen LogP contribution >= 0.6 is 23.4 Å². The lowest BCUT2D eigenvalue weighted by Gasteiger charge is -2.08. The Kier molecular flexibility index (Phi) is 5.34. The van der Waals surface area contributed by atoms with Crippen LogP contribution in [0.3, 0.4) is 0 Å². The molecule has 0 saturated heterocycles. The summed E-state index contributed by atoms with van der Waals surface area (Å²) in [4.78, 5) is 16.6. The monoisotopic (exact) mass is 427 g/mol. The summed E-state index contributed by atoms with van der Waals surface area (Å²) in [7, 11) is 1.59. The fourth-order valence-corrected chi connectivity index (χ4v) is 4.04. The number of nitrogens with zero attached hydrogens (tertiary/aromatic N) is 2. The van der Waals surface area contributed by atoms with Gasteiger partial charge in [0, 0.05) is 22.2 Å². The Balaban J connectivity index is 1.62. The lowest BCUT2D eigenvalue weighted by atomic mass is 10.0. The molecule has 0 bridgehead atoms. The molecule has 2 heterocycles. The highest BCUT2D eigenvalue weighted by atomic mass is 35.5. The molecule has 6 nitrogen and oxygen atoms in total. The molecule has 0 aliphatic rings. The number of rotatable bonds is 5. The van der Waals surface area contributed by atoms with Gasteiger partial charge in [0.2, 0.25) is 5.16 Å². The molecule has 8 heteroatoms. The average Bonchev–Trinajstić information content (AvgIpc) is 3.18. The Labute approximate surface area is 176 Å². The average molecular weight is 428 g/mol. The van der Waals surface area contributed by atoms with Crippen molar-refractivity contribution in [3.05, 3.63) is 68.5 Å². The maximum absolute atomic E-state index is 12.0. The first kappa shape index (κ1) is 19.5. The molecule has 2 aromatic heterocycles. The summed E-state index contributed by atoms with van der Waals surface area (Å²) < 4.78 is 10.8. The van der Waals surface area contributed by atoms with Crippen LogP contribution in [0.5, 0.6) is 5.75 Å². The zero-order valence-electron chi connectivity index (χ0n) is 16.1. The van der Waals surface area contributed by atoms with Crippen molar-refractivity contribution in [3.8, 4) is 17.1 Å². The number of fused-ring (bicyclic) bond motifs is 1. The highest BCUT2D eigenvalue weighted by molar-refractivity contribution is 7.98. The van der Waals surface area contributed by atoms with Crippen LogP contribution in [0.15, 0.2) is 50.8 Å². The first-order valence-electron chi connectivity index (χ1n) is 8.88. The van der Waals surface area contributed by atoms with Crippen LogP contribution < -0.4 is 10.4 Å². The summed E-state index contributed by atoms with van der Waals surface area (Å²) in [5, 5.41) is 9.27. The number of H-pyrrole nitrogens is 1. The minimum Gasteiger partial charge on any atom is -0.496 e. The normalized spacial score (nSPS) is 11.2. The Morgan fingerprint density at radius 1 is 1.21 bits per heavy atom. The van der Waals surface area contributed by atoms with Crippen molar-refractivity contribution in [2.75, 3.05) is 7.11 Å². The molecule has 0 radical (unpaired) electrons. The number of benzene rings is 2. The van der Waals surface area contributed by atoms with E-state index in [9.17, 15) is 4.79 Å². The highest BCUT2D eigenvalue weighted by Gasteiger charge is 2.14. The van der Waals surface area contributed by atoms with Crippen LogP contribution in [0.4, 0.5) is 0 Å². The van der Waals surface area contributed by atoms with Crippen molar-refractivity contribution in [3.63, 3.8) is 0 Å². The molecule has 0 saturated carbocycles. The van der Waals surface area contributed by atoms with Crippen molar-refractivity contribution in [1.29, 1.82) is 0 Å². The number of methoxy groups -OCH3 is 1. The molecular formula is C21H18ClN3O3S. The van der Waals surface area contributed by atoms with E-state index in [4.69, 9.17) is 20.8 Å². The highest BCUT2D eigenvalue weighted by Crippen LogP contribution is 2.32. The van der Waals surface area contributed by atoms with E-state index in [-0.39, 0.29) is 5.63 Å². The standard InChI is InChI=1S/C21H18ClN3O3S/c1-11-4-6-15-13(8-18(26)28-19(15)12(11)2)10-29-21-23-20(24-25-21)16-9-14(22)5-7-17(16)27-3/h4-9H,10H2,1-3H3,(H,23,24,25). The second kappa shape index (κ2) is 7.93. The zero-order chi connectivity index (χ0) is 20.5. The predicted octanol–water partition coefficient (Wildman–Crippen LogP) is 5.15.